The van der Waals surface area contributed by atoms with Crippen molar-refractivity contribution in [3.63, 3.8) is 0 Å². The highest BCUT2D eigenvalue weighted by molar-refractivity contribution is 7.89. The summed E-state index contributed by atoms with van der Waals surface area (Å²) in [4.78, 5) is 25.4. The number of hydrogen-bond acceptors (Lipinski definition) is 5. The Labute approximate surface area is 152 Å². The van der Waals surface area contributed by atoms with Crippen molar-refractivity contribution in [2.24, 2.45) is 0 Å². The van der Waals surface area contributed by atoms with Gasteiger partial charge in [-0.3, -0.25) is 9.59 Å². The van der Waals surface area contributed by atoms with E-state index in [9.17, 15) is 18.0 Å². The minimum atomic E-state index is -3.65. The quantitative estimate of drug-likeness (QED) is 0.761. The second-order valence-electron chi connectivity index (χ2n) is 6.19. The van der Waals surface area contributed by atoms with Gasteiger partial charge in [0.05, 0.1) is 4.90 Å². The number of amides is 1. The first-order chi connectivity index (χ1) is 12.3. The fourth-order valence-corrected chi connectivity index (χ4v) is 4.27. The first-order valence-electron chi connectivity index (χ1n) is 8.26. The summed E-state index contributed by atoms with van der Waals surface area (Å²) in [5.74, 6) is 0.567. The maximum absolute atomic E-state index is 12.7. The number of piperazine rings is 1. The van der Waals surface area contributed by atoms with E-state index in [1.165, 1.54) is 35.5 Å². The molecule has 0 N–H and O–H groups in total. The summed E-state index contributed by atoms with van der Waals surface area (Å²) in [6.45, 7) is 4.20. The number of furan rings is 1. The van der Waals surface area contributed by atoms with Crippen LogP contribution in [0.4, 0.5) is 0 Å². The van der Waals surface area contributed by atoms with Crippen LogP contribution in [0, 0.1) is 6.92 Å². The fourth-order valence-electron chi connectivity index (χ4n) is 2.85. The number of Topliss-reactive ketones (excluding diaryl/α,β-unsaturated/α-hetero) is 1. The average molecular weight is 376 g/mol. The number of rotatable bonds is 4. The third-order valence-corrected chi connectivity index (χ3v) is 6.29. The molecule has 26 heavy (non-hydrogen) atoms. The summed E-state index contributed by atoms with van der Waals surface area (Å²) < 4.78 is 32.2. The Hall–Kier alpha value is -2.45. The van der Waals surface area contributed by atoms with Crippen molar-refractivity contribution in [3.8, 4) is 0 Å². The molecule has 0 saturated carbocycles. The van der Waals surface area contributed by atoms with E-state index in [1.54, 1.807) is 24.0 Å². The fraction of sp³-hybridized carbons (Fsp3) is 0.333. The molecule has 8 heteroatoms. The minimum Gasteiger partial charge on any atom is -0.456 e. The van der Waals surface area contributed by atoms with Crippen LogP contribution >= 0.6 is 0 Å². The molecule has 0 aliphatic carbocycles. The molecular weight excluding hydrogens is 356 g/mol. The third-order valence-electron chi connectivity index (χ3n) is 4.38. The van der Waals surface area contributed by atoms with Gasteiger partial charge >= 0.3 is 0 Å². The third kappa shape index (κ3) is 3.56. The van der Waals surface area contributed by atoms with Crippen LogP contribution in [-0.2, 0) is 10.0 Å². The molecule has 138 valence electrons. The minimum absolute atomic E-state index is 0.116. The predicted octanol–water partition coefficient (Wildman–Crippen LogP) is 1.94. The van der Waals surface area contributed by atoms with Gasteiger partial charge in [-0.25, -0.2) is 8.42 Å². The Bertz CT molecular complexity index is 923. The van der Waals surface area contributed by atoms with Gasteiger partial charge in [0.25, 0.3) is 5.91 Å². The predicted molar refractivity (Wildman–Crippen MR) is 94.6 cm³/mol. The van der Waals surface area contributed by atoms with Crippen LogP contribution in [0.25, 0.3) is 0 Å². The van der Waals surface area contributed by atoms with Gasteiger partial charge in [0.15, 0.2) is 11.5 Å². The standard InChI is InChI=1S/C18H20N2O5S/c1-13-3-8-17(25-13)18(22)19-9-11-20(12-10-19)26(23,24)16-6-4-15(5-7-16)14(2)21/h3-8H,9-12H2,1-2H3. The maximum atomic E-state index is 12.7. The molecule has 1 aromatic heterocycles. The van der Waals surface area contributed by atoms with Crippen LogP contribution in [0.5, 0.6) is 0 Å². The van der Waals surface area contributed by atoms with Crippen LogP contribution in [0.3, 0.4) is 0 Å². The number of nitrogens with zero attached hydrogens (tertiary/aromatic N) is 2. The molecule has 2 aromatic rings. The first kappa shape index (κ1) is 18.3. The number of aryl methyl sites for hydroxylation is 1. The van der Waals surface area contributed by atoms with Gasteiger partial charge in [-0.1, -0.05) is 12.1 Å². The number of hydrogen-bond donors (Lipinski definition) is 0. The van der Waals surface area contributed by atoms with Crippen molar-refractivity contribution in [2.45, 2.75) is 18.7 Å². The van der Waals surface area contributed by atoms with Gasteiger partial charge in [0, 0.05) is 31.7 Å². The van der Waals surface area contributed by atoms with Gasteiger partial charge < -0.3 is 9.32 Å². The zero-order valence-electron chi connectivity index (χ0n) is 14.6. The van der Waals surface area contributed by atoms with E-state index in [0.29, 0.717) is 24.4 Å². The molecule has 1 aliphatic heterocycles. The zero-order valence-corrected chi connectivity index (χ0v) is 15.5. The molecule has 3 rings (SSSR count). The highest BCUT2D eigenvalue weighted by atomic mass is 32.2. The second-order valence-corrected chi connectivity index (χ2v) is 8.13. The molecule has 2 heterocycles. The lowest BCUT2D eigenvalue weighted by Gasteiger charge is -2.33. The molecular formula is C18H20N2O5S. The van der Waals surface area contributed by atoms with E-state index in [2.05, 4.69) is 0 Å². The van der Waals surface area contributed by atoms with Gasteiger partial charge in [0.1, 0.15) is 5.76 Å². The summed E-state index contributed by atoms with van der Waals surface area (Å²) >= 11 is 0. The molecule has 0 unspecified atom stereocenters. The van der Waals surface area contributed by atoms with E-state index < -0.39 is 10.0 Å². The second kappa shape index (κ2) is 7.05. The number of carbonyl (C=O) groups is 2. The van der Waals surface area contributed by atoms with Crippen molar-refractivity contribution < 1.29 is 22.4 Å². The van der Waals surface area contributed by atoms with Crippen LogP contribution in [0.15, 0.2) is 45.7 Å². The Balaban J connectivity index is 1.68. The molecule has 1 aromatic carbocycles. The molecule has 0 radical (unpaired) electrons. The van der Waals surface area contributed by atoms with Gasteiger partial charge in [-0.15, -0.1) is 0 Å². The lowest BCUT2D eigenvalue weighted by atomic mass is 10.2. The van der Waals surface area contributed by atoms with Crippen LogP contribution in [-0.4, -0.2) is 55.5 Å². The zero-order chi connectivity index (χ0) is 18.9. The summed E-state index contributed by atoms with van der Waals surface area (Å²) in [5.41, 5.74) is 0.466. The lowest BCUT2D eigenvalue weighted by molar-refractivity contribution is 0.0664. The summed E-state index contributed by atoms with van der Waals surface area (Å²) in [6, 6.07) is 9.24. The maximum Gasteiger partial charge on any atom is 0.289 e. The van der Waals surface area contributed by atoms with Crippen LogP contribution in [0.1, 0.15) is 33.6 Å². The van der Waals surface area contributed by atoms with Gasteiger partial charge in [-0.05, 0) is 38.1 Å². The van der Waals surface area contributed by atoms with Gasteiger partial charge in [-0.2, -0.15) is 4.31 Å². The number of carbonyl (C=O) groups excluding carboxylic acids is 2. The summed E-state index contributed by atoms with van der Waals surface area (Å²) in [5, 5.41) is 0. The van der Waals surface area contributed by atoms with E-state index >= 15 is 0 Å². The molecule has 7 nitrogen and oxygen atoms in total. The topological polar surface area (TPSA) is 87.9 Å². The highest BCUT2D eigenvalue weighted by Gasteiger charge is 2.31. The van der Waals surface area contributed by atoms with Crippen molar-refractivity contribution in [1.29, 1.82) is 0 Å². The van der Waals surface area contributed by atoms with E-state index in [-0.39, 0.29) is 35.4 Å². The summed E-state index contributed by atoms with van der Waals surface area (Å²) in [7, 11) is -3.65. The van der Waals surface area contributed by atoms with Crippen molar-refractivity contribution in [1.82, 2.24) is 9.21 Å². The smallest absolute Gasteiger partial charge is 0.289 e. The van der Waals surface area contributed by atoms with E-state index in [1.807, 2.05) is 0 Å². The molecule has 0 bridgehead atoms. The van der Waals surface area contributed by atoms with Crippen LogP contribution in [0.2, 0.25) is 0 Å². The molecule has 1 saturated heterocycles. The molecule has 0 spiro atoms. The summed E-state index contributed by atoms with van der Waals surface area (Å²) in [6.07, 6.45) is 0. The SMILES string of the molecule is CC(=O)c1ccc(S(=O)(=O)N2CCN(C(=O)c3ccc(C)o3)CC2)cc1. The van der Waals surface area contributed by atoms with E-state index in [0.717, 1.165) is 0 Å². The van der Waals surface area contributed by atoms with Crippen molar-refractivity contribution >= 4 is 21.7 Å². The Morgan fingerprint density at radius 3 is 2.08 bits per heavy atom. The van der Waals surface area contributed by atoms with Crippen LogP contribution < -0.4 is 0 Å². The van der Waals surface area contributed by atoms with Crippen molar-refractivity contribution in [2.75, 3.05) is 26.2 Å². The highest BCUT2D eigenvalue weighted by Crippen LogP contribution is 2.19. The number of ketones is 1. The lowest BCUT2D eigenvalue weighted by Crippen LogP contribution is -2.50. The van der Waals surface area contributed by atoms with E-state index in [4.69, 9.17) is 4.42 Å². The first-order valence-corrected chi connectivity index (χ1v) is 9.70. The monoisotopic (exact) mass is 376 g/mol. The largest absolute Gasteiger partial charge is 0.456 e. The Morgan fingerprint density at radius 2 is 1.58 bits per heavy atom. The van der Waals surface area contributed by atoms with Crippen molar-refractivity contribution in [3.05, 3.63) is 53.5 Å². The van der Waals surface area contributed by atoms with Gasteiger partial charge in [0.2, 0.25) is 10.0 Å². The molecule has 1 fully saturated rings. The normalized spacial score (nSPS) is 15.8. The number of benzene rings is 1. The number of sulfonamides is 1. The molecule has 0 atom stereocenters. The Kier molecular flexibility index (Phi) is 4.97. The average Bonchev–Trinajstić information content (AvgIpc) is 3.07. The molecule has 1 amide bonds. The molecule has 1 aliphatic rings. The Morgan fingerprint density at radius 1 is 0.962 bits per heavy atom.